The first-order valence-corrected chi connectivity index (χ1v) is 10.2. The molecule has 6 nitrogen and oxygen atoms in total. The third-order valence-electron chi connectivity index (χ3n) is 4.67. The molecule has 3 aromatic carbocycles. The lowest BCUT2D eigenvalue weighted by atomic mass is 10.1. The van der Waals surface area contributed by atoms with Crippen molar-refractivity contribution in [1.82, 2.24) is 14.9 Å². The third-order valence-corrected chi connectivity index (χ3v) is 4.94. The second kappa shape index (κ2) is 9.40. The number of nitrogens with one attached hydrogen (secondary N) is 1. The Morgan fingerprint density at radius 3 is 2.65 bits per heavy atom. The van der Waals surface area contributed by atoms with E-state index in [9.17, 15) is 0 Å². The summed E-state index contributed by atoms with van der Waals surface area (Å²) < 4.78 is 13.5. The van der Waals surface area contributed by atoms with Crippen LogP contribution in [0.5, 0.6) is 11.5 Å². The Morgan fingerprint density at radius 2 is 1.87 bits per heavy atom. The summed E-state index contributed by atoms with van der Waals surface area (Å²) in [5.74, 6) is 1.96. The molecule has 0 radical (unpaired) electrons. The molecule has 0 spiro atoms. The summed E-state index contributed by atoms with van der Waals surface area (Å²) in [6.45, 7) is 2.48. The highest BCUT2D eigenvalue weighted by Crippen LogP contribution is 2.28. The highest BCUT2D eigenvalue weighted by atomic mass is 32.1. The van der Waals surface area contributed by atoms with Crippen molar-refractivity contribution in [2.45, 2.75) is 13.5 Å². The molecule has 0 aliphatic heterocycles. The SMILES string of the molecule is COc1ccc(/C=N/n2c(-c3cccc(C)c3)n[nH]c2=S)cc1OCc1ccccc1. The molecule has 0 atom stereocenters. The predicted octanol–water partition coefficient (Wildman–Crippen LogP) is 5.39. The van der Waals surface area contributed by atoms with Gasteiger partial charge in [-0.25, -0.2) is 5.10 Å². The first-order valence-electron chi connectivity index (χ1n) is 9.77. The van der Waals surface area contributed by atoms with Gasteiger partial charge in [-0.15, -0.1) is 0 Å². The highest BCUT2D eigenvalue weighted by Gasteiger charge is 2.09. The summed E-state index contributed by atoms with van der Waals surface area (Å²) in [6.07, 6.45) is 1.72. The summed E-state index contributed by atoms with van der Waals surface area (Å²) in [5, 5.41) is 11.7. The van der Waals surface area contributed by atoms with Gasteiger partial charge in [-0.1, -0.05) is 54.1 Å². The van der Waals surface area contributed by atoms with Gasteiger partial charge in [0, 0.05) is 5.56 Å². The molecule has 1 aromatic heterocycles. The van der Waals surface area contributed by atoms with Gasteiger partial charge in [-0.3, -0.25) is 0 Å². The van der Waals surface area contributed by atoms with Crippen molar-refractivity contribution in [3.63, 3.8) is 0 Å². The van der Waals surface area contributed by atoms with Crippen molar-refractivity contribution >= 4 is 18.4 Å². The summed E-state index contributed by atoms with van der Waals surface area (Å²) in [4.78, 5) is 0. The fourth-order valence-electron chi connectivity index (χ4n) is 3.12. The van der Waals surface area contributed by atoms with Crippen molar-refractivity contribution in [3.05, 3.63) is 94.3 Å². The fourth-order valence-corrected chi connectivity index (χ4v) is 3.30. The number of benzene rings is 3. The molecule has 1 heterocycles. The summed E-state index contributed by atoms with van der Waals surface area (Å²) >= 11 is 5.37. The zero-order valence-electron chi connectivity index (χ0n) is 17.3. The summed E-state index contributed by atoms with van der Waals surface area (Å²) in [5.41, 5.74) is 4.00. The van der Waals surface area contributed by atoms with Crippen molar-refractivity contribution in [2.24, 2.45) is 5.10 Å². The summed E-state index contributed by atoms with van der Waals surface area (Å²) in [7, 11) is 1.62. The number of ether oxygens (including phenoxy) is 2. The number of hydrogen-bond acceptors (Lipinski definition) is 5. The number of methoxy groups -OCH3 is 1. The van der Waals surface area contributed by atoms with Gasteiger partial charge < -0.3 is 9.47 Å². The van der Waals surface area contributed by atoms with Crippen molar-refractivity contribution in [3.8, 4) is 22.9 Å². The number of nitrogens with zero attached hydrogens (tertiary/aromatic N) is 3. The lowest BCUT2D eigenvalue weighted by Crippen LogP contribution is -1.99. The number of aromatic nitrogens is 3. The molecule has 156 valence electrons. The molecular formula is C24H22N4O2S. The third kappa shape index (κ3) is 4.90. The molecule has 0 saturated heterocycles. The lowest BCUT2D eigenvalue weighted by molar-refractivity contribution is 0.284. The monoisotopic (exact) mass is 430 g/mol. The smallest absolute Gasteiger partial charge is 0.216 e. The minimum absolute atomic E-state index is 0.418. The van der Waals surface area contributed by atoms with Gasteiger partial charge >= 0.3 is 0 Å². The molecule has 1 N–H and O–H groups in total. The van der Waals surface area contributed by atoms with E-state index in [0.717, 1.165) is 22.3 Å². The van der Waals surface area contributed by atoms with Crippen molar-refractivity contribution in [1.29, 1.82) is 0 Å². The number of aryl methyl sites for hydroxylation is 1. The zero-order chi connectivity index (χ0) is 21.6. The Bertz CT molecular complexity index is 1260. The number of H-pyrrole nitrogens is 1. The largest absolute Gasteiger partial charge is 0.493 e. The molecule has 31 heavy (non-hydrogen) atoms. The minimum Gasteiger partial charge on any atom is -0.493 e. The Hall–Kier alpha value is -3.71. The minimum atomic E-state index is 0.418. The van der Waals surface area contributed by atoms with Crippen LogP contribution in [0.2, 0.25) is 0 Å². The molecule has 0 amide bonds. The van der Waals surface area contributed by atoms with Crippen LogP contribution in [0, 0.1) is 11.7 Å². The van der Waals surface area contributed by atoms with Crippen molar-refractivity contribution in [2.75, 3.05) is 7.11 Å². The molecule has 0 aliphatic rings. The van der Waals surface area contributed by atoms with E-state index in [1.54, 1.807) is 18.0 Å². The Morgan fingerprint density at radius 1 is 1.03 bits per heavy atom. The van der Waals surface area contributed by atoms with E-state index >= 15 is 0 Å². The standard InChI is InChI=1S/C24H22N4O2S/c1-17-7-6-10-20(13-17)23-26-27-24(31)28(23)25-15-19-11-12-21(29-2)22(14-19)30-16-18-8-4-3-5-9-18/h3-15H,16H2,1-2H3,(H,27,31)/b25-15+. The topological polar surface area (TPSA) is 64.4 Å². The van der Waals surface area contributed by atoms with Crippen LogP contribution in [0.25, 0.3) is 11.4 Å². The van der Waals surface area contributed by atoms with E-state index in [1.807, 2.05) is 79.7 Å². The number of rotatable bonds is 7. The molecular weight excluding hydrogens is 408 g/mol. The molecule has 7 heteroatoms. The predicted molar refractivity (Wildman–Crippen MR) is 124 cm³/mol. The van der Waals surface area contributed by atoms with Gasteiger partial charge in [0.05, 0.1) is 13.3 Å². The zero-order valence-corrected chi connectivity index (χ0v) is 18.1. The lowest BCUT2D eigenvalue weighted by Gasteiger charge is -2.11. The molecule has 4 aromatic rings. The molecule has 0 fully saturated rings. The highest BCUT2D eigenvalue weighted by molar-refractivity contribution is 7.71. The van der Waals surface area contributed by atoms with Crippen LogP contribution in [-0.4, -0.2) is 28.2 Å². The van der Waals surface area contributed by atoms with Crippen LogP contribution >= 0.6 is 12.2 Å². The van der Waals surface area contributed by atoms with Crippen LogP contribution in [0.15, 0.2) is 77.9 Å². The maximum atomic E-state index is 5.99. The normalized spacial score (nSPS) is 11.0. The number of aromatic amines is 1. The second-order valence-corrected chi connectivity index (χ2v) is 7.35. The number of hydrogen-bond donors (Lipinski definition) is 1. The van der Waals surface area contributed by atoms with E-state index in [-0.39, 0.29) is 0 Å². The molecule has 0 bridgehead atoms. The van der Waals surface area contributed by atoms with E-state index in [2.05, 4.69) is 15.3 Å². The second-order valence-electron chi connectivity index (χ2n) is 6.96. The maximum absolute atomic E-state index is 5.99. The first kappa shape index (κ1) is 20.6. The van der Waals surface area contributed by atoms with Crippen LogP contribution in [0.1, 0.15) is 16.7 Å². The molecule has 0 saturated carbocycles. The fraction of sp³-hybridized carbons (Fsp3) is 0.125. The first-order chi connectivity index (χ1) is 15.1. The molecule has 0 unspecified atom stereocenters. The molecule has 4 rings (SSSR count). The van der Waals surface area contributed by atoms with Crippen LogP contribution in [-0.2, 0) is 6.61 Å². The summed E-state index contributed by atoms with van der Waals surface area (Å²) in [6, 6.07) is 23.7. The van der Waals surface area contributed by atoms with E-state index in [0.29, 0.717) is 28.7 Å². The Labute approximate surface area is 185 Å². The average Bonchev–Trinajstić information content (AvgIpc) is 3.17. The van der Waals surface area contributed by atoms with Gasteiger partial charge in [0.1, 0.15) is 6.61 Å². The van der Waals surface area contributed by atoms with E-state index < -0.39 is 0 Å². The van der Waals surface area contributed by atoms with E-state index in [1.165, 1.54) is 0 Å². The average molecular weight is 431 g/mol. The maximum Gasteiger partial charge on any atom is 0.216 e. The van der Waals surface area contributed by atoms with Gasteiger partial charge in [0.15, 0.2) is 17.3 Å². The van der Waals surface area contributed by atoms with Gasteiger partial charge in [-0.05, 0) is 54.5 Å². The quantitative estimate of drug-likeness (QED) is 0.316. The van der Waals surface area contributed by atoms with Gasteiger partial charge in [0.25, 0.3) is 0 Å². The van der Waals surface area contributed by atoms with Crippen molar-refractivity contribution < 1.29 is 9.47 Å². The van der Waals surface area contributed by atoms with E-state index in [4.69, 9.17) is 21.7 Å². The Kier molecular flexibility index (Phi) is 6.24. The van der Waals surface area contributed by atoms with Gasteiger partial charge in [0.2, 0.25) is 4.77 Å². The van der Waals surface area contributed by atoms with Crippen LogP contribution < -0.4 is 9.47 Å². The Balaban J connectivity index is 1.60. The molecule has 0 aliphatic carbocycles. The van der Waals surface area contributed by atoms with Gasteiger partial charge in [-0.2, -0.15) is 14.9 Å². The van der Waals surface area contributed by atoms with Crippen LogP contribution in [0.3, 0.4) is 0 Å². The van der Waals surface area contributed by atoms with Crippen LogP contribution in [0.4, 0.5) is 0 Å².